The van der Waals surface area contributed by atoms with Crippen molar-refractivity contribution in [2.24, 2.45) is 5.73 Å². The average Bonchev–Trinajstić information content (AvgIpc) is 3.24. The van der Waals surface area contributed by atoms with Crippen LogP contribution in [0.3, 0.4) is 0 Å². The first kappa shape index (κ1) is 26.2. The number of primary amides is 1. The Labute approximate surface area is 206 Å². The highest BCUT2D eigenvalue weighted by atomic mass is 32.2. The van der Waals surface area contributed by atoms with E-state index in [1.807, 2.05) is 0 Å². The summed E-state index contributed by atoms with van der Waals surface area (Å²) >= 11 is 2.38. The summed E-state index contributed by atoms with van der Waals surface area (Å²) < 4.78 is 45.0. The third kappa shape index (κ3) is 7.55. The second-order valence-corrected chi connectivity index (χ2v) is 9.74. The van der Waals surface area contributed by atoms with Gasteiger partial charge in [0, 0.05) is 16.6 Å². The van der Waals surface area contributed by atoms with E-state index < -0.39 is 40.9 Å². The maximum atomic E-state index is 13.0. The highest BCUT2D eigenvalue weighted by molar-refractivity contribution is 8.02. The number of alkyl halides is 3. The van der Waals surface area contributed by atoms with Gasteiger partial charge < -0.3 is 15.8 Å². The molecule has 3 aromatic rings. The number of rotatable bonds is 9. The largest absolute Gasteiger partial charge is 0.447 e. The van der Waals surface area contributed by atoms with Crippen molar-refractivity contribution in [2.75, 3.05) is 5.32 Å². The van der Waals surface area contributed by atoms with Crippen molar-refractivity contribution in [3.63, 3.8) is 0 Å². The minimum Gasteiger partial charge on any atom is -0.447 e. The van der Waals surface area contributed by atoms with Gasteiger partial charge in [0.25, 0.3) is 5.91 Å². The normalized spacial score (nSPS) is 13.0. The van der Waals surface area contributed by atoms with Gasteiger partial charge in [0.2, 0.25) is 12.0 Å². The molecular formula is C23H20F3N3O4S2. The molecule has 12 heteroatoms. The molecule has 0 radical (unpaired) electrons. The number of hydrogen-bond donors (Lipinski definition) is 2. The van der Waals surface area contributed by atoms with Crippen LogP contribution in [0.1, 0.15) is 29.8 Å². The number of nitrogens with one attached hydrogen (secondary N) is 1. The predicted molar refractivity (Wildman–Crippen MR) is 126 cm³/mol. The number of carbonyl (C=O) groups excluding carboxylic acids is 3. The van der Waals surface area contributed by atoms with Gasteiger partial charge in [0.05, 0.1) is 22.9 Å². The molecule has 0 fully saturated rings. The number of halogens is 3. The molecule has 0 aliphatic carbocycles. The number of carbonyl (C=O) groups is 3. The standard InChI is InChI=1S/C23H20F3N3O4S2/c1-13(20(27)31)35-22-29-17(12-34-22)11-18(30)33-19(14-6-3-2-4-7-14)21(32)28-16-9-5-8-15(10-16)23(24,25)26/h2-10,12-13,19H,11H2,1H3,(H2,27,31)(H,28,32). The van der Waals surface area contributed by atoms with Gasteiger partial charge in [-0.25, -0.2) is 4.98 Å². The molecule has 0 aliphatic heterocycles. The fourth-order valence-corrected chi connectivity index (χ4v) is 4.77. The maximum absolute atomic E-state index is 13.0. The van der Waals surface area contributed by atoms with Crippen LogP contribution in [0.25, 0.3) is 0 Å². The summed E-state index contributed by atoms with van der Waals surface area (Å²) in [5.74, 6) is -2.07. The van der Waals surface area contributed by atoms with Crippen molar-refractivity contribution in [3.8, 4) is 0 Å². The van der Waals surface area contributed by atoms with Crippen molar-refractivity contribution in [2.45, 2.75) is 35.2 Å². The van der Waals surface area contributed by atoms with Crippen LogP contribution in [0.2, 0.25) is 0 Å². The van der Waals surface area contributed by atoms with Crippen molar-refractivity contribution in [1.82, 2.24) is 4.98 Å². The molecule has 2 aromatic carbocycles. The van der Waals surface area contributed by atoms with Crippen LogP contribution in [0.4, 0.5) is 18.9 Å². The highest BCUT2D eigenvalue weighted by Gasteiger charge is 2.31. The monoisotopic (exact) mass is 523 g/mol. The van der Waals surface area contributed by atoms with Crippen LogP contribution >= 0.6 is 23.1 Å². The third-order valence-corrected chi connectivity index (χ3v) is 6.72. The summed E-state index contributed by atoms with van der Waals surface area (Å²) in [6.45, 7) is 1.63. The predicted octanol–water partition coefficient (Wildman–Crippen LogP) is 4.59. The smallest absolute Gasteiger partial charge is 0.416 e. The molecule has 1 aromatic heterocycles. The van der Waals surface area contributed by atoms with E-state index in [-0.39, 0.29) is 12.1 Å². The lowest BCUT2D eigenvalue weighted by Crippen LogP contribution is -2.26. The molecule has 184 valence electrons. The number of esters is 1. The van der Waals surface area contributed by atoms with E-state index in [0.29, 0.717) is 15.6 Å². The number of thioether (sulfide) groups is 1. The van der Waals surface area contributed by atoms with Gasteiger partial charge in [-0.2, -0.15) is 13.2 Å². The molecule has 0 aliphatic rings. The quantitative estimate of drug-likeness (QED) is 0.313. The van der Waals surface area contributed by atoms with Crippen molar-refractivity contribution in [1.29, 1.82) is 0 Å². The zero-order valence-electron chi connectivity index (χ0n) is 18.2. The van der Waals surface area contributed by atoms with Crippen molar-refractivity contribution in [3.05, 3.63) is 76.8 Å². The van der Waals surface area contributed by atoms with Gasteiger partial charge in [-0.15, -0.1) is 11.3 Å². The van der Waals surface area contributed by atoms with Gasteiger partial charge in [0.15, 0.2) is 4.34 Å². The van der Waals surface area contributed by atoms with Crippen LogP contribution in [-0.4, -0.2) is 28.0 Å². The van der Waals surface area contributed by atoms with Gasteiger partial charge in [0.1, 0.15) is 0 Å². The van der Waals surface area contributed by atoms with E-state index in [0.717, 1.165) is 23.9 Å². The lowest BCUT2D eigenvalue weighted by molar-refractivity contribution is -0.154. The Morgan fingerprint density at radius 2 is 1.86 bits per heavy atom. The lowest BCUT2D eigenvalue weighted by atomic mass is 10.1. The molecular weight excluding hydrogens is 503 g/mol. The number of hydrogen-bond acceptors (Lipinski definition) is 7. The van der Waals surface area contributed by atoms with Crippen LogP contribution in [0.5, 0.6) is 0 Å². The van der Waals surface area contributed by atoms with Crippen LogP contribution in [0.15, 0.2) is 64.3 Å². The van der Waals surface area contributed by atoms with E-state index >= 15 is 0 Å². The molecule has 2 unspecified atom stereocenters. The number of thiazole rings is 1. The summed E-state index contributed by atoms with van der Waals surface area (Å²) in [6.07, 6.45) is -6.23. The maximum Gasteiger partial charge on any atom is 0.416 e. The van der Waals surface area contributed by atoms with E-state index in [9.17, 15) is 27.6 Å². The molecule has 1 heterocycles. The Morgan fingerprint density at radius 1 is 1.14 bits per heavy atom. The number of aromatic nitrogens is 1. The molecule has 0 bridgehead atoms. The van der Waals surface area contributed by atoms with Crippen molar-refractivity contribution < 1.29 is 32.3 Å². The molecule has 2 atom stereocenters. The van der Waals surface area contributed by atoms with E-state index in [1.165, 1.54) is 23.5 Å². The highest BCUT2D eigenvalue weighted by Crippen LogP contribution is 2.31. The fraction of sp³-hybridized carbons (Fsp3) is 0.217. The first-order chi connectivity index (χ1) is 16.5. The minimum atomic E-state index is -4.58. The summed E-state index contributed by atoms with van der Waals surface area (Å²) in [5, 5.41) is 3.51. The second kappa shape index (κ2) is 11.4. The van der Waals surface area contributed by atoms with Gasteiger partial charge in [-0.1, -0.05) is 48.2 Å². The molecule has 0 saturated carbocycles. The van der Waals surface area contributed by atoms with E-state index in [4.69, 9.17) is 10.5 Å². The van der Waals surface area contributed by atoms with Crippen LogP contribution in [-0.2, 0) is 31.7 Å². The number of nitrogens with two attached hydrogens (primary N) is 1. The van der Waals surface area contributed by atoms with Gasteiger partial charge in [-0.3, -0.25) is 14.4 Å². The summed E-state index contributed by atoms with van der Waals surface area (Å²) in [5.41, 5.74) is 4.95. The lowest BCUT2D eigenvalue weighted by Gasteiger charge is -2.18. The third-order valence-electron chi connectivity index (χ3n) is 4.58. The molecule has 0 saturated heterocycles. The Hall–Kier alpha value is -3.38. The van der Waals surface area contributed by atoms with Crippen LogP contribution in [0, 0.1) is 0 Å². The van der Waals surface area contributed by atoms with Gasteiger partial charge >= 0.3 is 12.1 Å². The molecule has 3 rings (SSSR count). The molecule has 7 nitrogen and oxygen atoms in total. The Kier molecular flexibility index (Phi) is 8.52. The topological polar surface area (TPSA) is 111 Å². The first-order valence-electron chi connectivity index (χ1n) is 10.2. The van der Waals surface area contributed by atoms with Crippen molar-refractivity contribution >= 4 is 46.6 Å². The number of anilines is 1. The fourth-order valence-electron chi connectivity index (χ4n) is 2.84. The number of benzene rings is 2. The Balaban J connectivity index is 1.73. The zero-order chi connectivity index (χ0) is 25.6. The van der Waals surface area contributed by atoms with Crippen LogP contribution < -0.4 is 11.1 Å². The molecule has 0 spiro atoms. The summed E-state index contributed by atoms with van der Waals surface area (Å²) in [4.78, 5) is 41.0. The van der Waals surface area contributed by atoms with E-state index in [2.05, 4.69) is 10.3 Å². The summed E-state index contributed by atoms with van der Waals surface area (Å²) in [7, 11) is 0. The first-order valence-corrected chi connectivity index (χ1v) is 11.9. The average molecular weight is 524 g/mol. The molecule has 3 N–H and O–H groups in total. The molecule has 2 amide bonds. The minimum absolute atomic E-state index is 0.0912. The Bertz CT molecular complexity index is 1200. The summed E-state index contributed by atoms with van der Waals surface area (Å²) in [6, 6.07) is 12.2. The molecule has 35 heavy (non-hydrogen) atoms. The zero-order valence-corrected chi connectivity index (χ0v) is 19.9. The number of amides is 2. The second-order valence-electron chi connectivity index (χ2n) is 7.29. The number of ether oxygens (including phenoxy) is 1. The Morgan fingerprint density at radius 3 is 2.51 bits per heavy atom. The van der Waals surface area contributed by atoms with Gasteiger partial charge in [-0.05, 0) is 25.1 Å². The SMILES string of the molecule is CC(Sc1nc(CC(=O)OC(C(=O)Nc2cccc(C(F)(F)F)c2)c2ccccc2)cs1)C(N)=O. The number of nitrogens with zero attached hydrogens (tertiary/aromatic N) is 1. The van der Waals surface area contributed by atoms with E-state index in [1.54, 1.807) is 42.6 Å².